The number of carbonyl (C=O) groups excluding carboxylic acids is 1. The summed E-state index contributed by atoms with van der Waals surface area (Å²) in [6.07, 6.45) is -0.722. The first-order valence-electron chi connectivity index (χ1n) is 9.06. The monoisotopic (exact) mass is 397 g/mol. The molecule has 1 amide bonds. The van der Waals surface area contributed by atoms with Crippen LogP contribution in [0, 0.1) is 5.92 Å². The van der Waals surface area contributed by atoms with Gasteiger partial charge in [-0.15, -0.1) is 0 Å². The maximum absolute atomic E-state index is 14.5. The van der Waals surface area contributed by atoms with Crippen LogP contribution in [-0.2, 0) is 14.2 Å². The van der Waals surface area contributed by atoms with Crippen molar-refractivity contribution in [3.8, 4) is 0 Å². The highest BCUT2D eigenvalue weighted by molar-refractivity contribution is 7.82. The summed E-state index contributed by atoms with van der Waals surface area (Å²) in [5.41, 5.74) is -0.206. The van der Waals surface area contributed by atoms with Gasteiger partial charge in [0, 0.05) is 22.3 Å². The molecule has 1 fully saturated rings. The molecule has 0 unspecified atom stereocenters. The zero-order chi connectivity index (χ0) is 20.1. The fourth-order valence-electron chi connectivity index (χ4n) is 4.26. The maximum atomic E-state index is 14.5. The van der Waals surface area contributed by atoms with Crippen LogP contribution < -0.4 is 10.6 Å². The van der Waals surface area contributed by atoms with Crippen molar-refractivity contribution >= 4 is 29.6 Å². The first-order valence-corrected chi connectivity index (χ1v) is 10.8. The van der Waals surface area contributed by atoms with Crippen molar-refractivity contribution in [2.75, 3.05) is 0 Å². The van der Waals surface area contributed by atoms with Crippen LogP contribution in [0.2, 0.25) is 0 Å². The molecule has 0 saturated carbocycles. The number of nitrogens with zero attached hydrogens (tertiary/aromatic N) is 1. The maximum Gasteiger partial charge on any atom is 0.353 e. The number of carboxylic acids is 1. The Kier molecular flexibility index (Phi) is 4.48. The zero-order valence-electron chi connectivity index (χ0n) is 15.2. The second-order valence-corrected chi connectivity index (χ2v) is 9.92. The van der Waals surface area contributed by atoms with Crippen LogP contribution in [0.4, 0.5) is 0 Å². The third-order valence-electron chi connectivity index (χ3n) is 5.53. The van der Waals surface area contributed by atoms with Crippen LogP contribution in [0.3, 0.4) is 0 Å². The molecule has 1 saturated heterocycles. The van der Waals surface area contributed by atoms with Crippen molar-refractivity contribution in [1.82, 2.24) is 4.90 Å². The summed E-state index contributed by atoms with van der Waals surface area (Å²) in [6, 6.07) is 17.1. The molecule has 0 bridgehead atoms. The number of amides is 1. The highest BCUT2D eigenvalue weighted by atomic mass is 31.2. The van der Waals surface area contributed by atoms with E-state index in [1.165, 1.54) is 11.8 Å². The van der Waals surface area contributed by atoms with E-state index in [2.05, 4.69) is 0 Å². The van der Waals surface area contributed by atoms with E-state index in [4.69, 9.17) is 0 Å². The predicted molar refractivity (Wildman–Crippen MR) is 105 cm³/mol. The molecule has 2 aliphatic heterocycles. The molecule has 2 aromatic rings. The van der Waals surface area contributed by atoms with Gasteiger partial charge in [-0.3, -0.25) is 4.79 Å². The molecule has 0 aliphatic carbocycles. The van der Waals surface area contributed by atoms with Crippen LogP contribution >= 0.6 is 7.14 Å². The SMILES string of the molecule is C[C@@H](O)[C@H]1C(=O)N2C(C(=O)O)=C(P(=O)(c3ccccc3)c3ccccc3)C[C@H]12. The number of aliphatic hydroxyl groups is 1. The van der Waals surface area contributed by atoms with Gasteiger partial charge in [-0.05, 0) is 6.92 Å². The Hall–Kier alpha value is -2.69. The standard InChI is InChI=1S/C21H20NO5P/c1-13(23)18-16-12-17(19(21(25)26)22(16)20(18)24)28(27,14-8-4-2-5-9-14)15-10-6-3-7-11-15/h2-11,13,16,18,23H,12H2,1H3,(H,25,26)/t13-,16-,18-/m1/s1. The minimum Gasteiger partial charge on any atom is -0.477 e. The van der Waals surface area contributed by atoms with Crippen LogP contribution in [-0.4, -0.2) is 39.1 Å². The van der Waals surface area contributed by atoms with Crippen molar-refractivity contribution in [3.63, 3.8) is 0 Å². The molecule has 2 aromatic carbocycles. The predicted octanol–water partition coefficient (Wildman–Crippen LogP) is 1.91. The van der Waals surface area contributed by atoms with Gasteiger partial charge in [-0.25, -0.2) is 4.79 Å². The molecular weight excluding hydrogens is 377 g/mol. The summed E-state index contributed by atoms with van der Waals surface area (Å²) >= 11 is 0. The van der Waals surface area contributed by atoms with E-state index in [9.17, 15) is 24.4 Å². The van der Waals surface area contributed by atoms with Crippen LogP contribution in [0.5, 0.6) is 0 Å². The highest BCUT2D eigenvalue weighted by Gasteiger charge is 2.59. The molecule has 2 N–H and O–H groups in total. The molecule has 0 spiro atoms. The van der Waals surface area contributed by atoms with Crippen molar-refractivity contribution < 1.29 is 24.4 Å². The van der Waals surface area contributed by atoms with Gasteiger partial charge in [0.05, 0.1) is 18.1 Å². The van der Waals surface area contributed by atoms with Gasteiger partial charge in [-0.2, -0.15) is 0 Å². The average molecular weight is 397 g/mol. The third-order valence-corrected chi connectivity index (χ3v) is 8.73. The number of hydrogen-bond acceptors (Lipinski definition) is 4. The summed E-state index contributed by atoms with van der Waals surface area (Å²) in [7, 11) is -3.48. The summed E-state index contributed by atoms with van der Waals surface area (Å²) in [5, 5.41) is 21.1. The smallest absolute Gasteiger partial charge is 0.353 e. The van der Waals surface area contributed by atoms with Gasteiger partial charge >= 0.3 is 5.97 Å². The van der Waals surface area contributed by atoms with Gasteiger partial charge in [0.1, 0.15) is 5.70 Å². The van der Waals surface area contributed by atoms with Gasteiger partial charge in [-0.1, -0.05) is 60.7 Å². The molecule has 0 aromatic heterocycles. The number of benzene rings is 2. The largest absolute Gasteiger partial charge is 0.477 e. The van der Waals surface area contributed by atoms with Gasteiger partial charge in [0.2, 0.25) is 5.91 Å². The second kappa shape index (κ2) is 6.73. The van der Waals surface area contributed by atoms with Crippen LogP contribution in [0.15, 0.2) is 71.7 Å². The first-order chi connectivity index (χ1) is 13.4. The quantitative estimate of drug-likeness (QED) is 0.594. The fourth-order valence-corrected chi connectivity index (χ4v) is 7.32. The lowest BCUT2D eigenvalue weighted by atomic mass is 9.83. The zero-order valence-corrected chi connectivity index (χ0v) is 16.1. The second-order valence-electron chi connectivity index (χ2n) is 7.13. The molecule has 2 aliphatic rings. The first kappa shape index (κ1) is 18.7. The van der Waals surface area contributed by atoms with Crippen molar-refractivity contribution in [3.05, 3.63) is 71.7 Å². The van der Waals surface area contributed by atoms with E-state index < -0.39 is 37.1 Å². The summed E-state index contributed by atoms with van der Waals surface area (Å²) in [4.78, 5) is 25.8. The van der Waals surface area contributed by atoms with Gasteiger partial charge < -0.3 is 19.7 Å². The molecule has 144 valence electrons. The molecular formula is C21H20NO5P. The van der Waals surface area contributed by atoms with Crippen molar-refractivity contribution in [1.29, 1.82) is 0 Å². The number of fused-ring (bicyclic) bond motifs is 1. The minimum atomic E-state index is -3.48. The Morgan fingerprint density at radius 3 is 2.00 bits per heavy atom. The number of aliphatic carboxylic acids is 1. The molecule has 6 nitrogen and oxygen atoms in total. The molecule has 4 rings (SSSR count). The normalized spacial score (nSPS) is 22.6. The van der Waals surface area contributed by atoms with E-state index >= 15 is 0 Å². The van der Waals surface area contributed by atoms with Crippen molar-refractivity contribution in [2.45, 2.75) is 25.5 Å². The number of aliphatic hydroxyl groups excluding tert-OH is 1. The third kappa shape index (κ3) is 2.56. The van der Waals surface area contributed by atoms with Gasteiger partial charge in [0.15, 0.2) is 7.14 Å². The van der Waals surface area contributed by atoms with Gasteiger partial charge in [0.25, 0.3) is 0 Å². The number of hydrogen-bond donors (Lipinski definition) is 2. The van der Waals surface area contributed by atoms with E-state index in [0.717, 1.165) is 0 Å². The van der Waals surface area contributed by atoms with Crippen molar-refractivity contribution in [2.24, 2.45) is 5.92 Å². The fraction of sp³-hybridized carbons (Fsp3) is 0.238. The minimum absolute atomic E-state index is 0.171. The number of carboxylic acid groups (broad SMARTS) is 1. The van der Waals surface area contributed by atoms with E-state index in [1.54, 1.807) is 60.7 Å². The molecule has 0 radical (unpaired) electrons. The van der Waals surface area contributed by atoms with E-state index in [1.807, 2.05) is 0 Å². The number of carbonyl (C=O) groups is 2. The van der Waals surface area contributed by atoms with E-state index in [0.29, 0.717) is 10.6 Å². The Morgan fingerprint density at radius 2 is 1.57 bits per heavy atom. The summed E-state index contributed by atoms with van der Waals surface area (Å²) in [5.74, 6) is -2.38. The number of rotatable bonds is 5. The lowest BCUT2D eigenvalue weighted by Crippen LogP contribution is -2.61. The molecule has 28 heavy (non-hydrogen) atoms. The average Bonchev–Trinajstić information content (AvgIpc) is 3.04. The highest BCUT2D eigenvalue weighted by Crippen LogP contribution is 2.60. The lowest BCUT2D eigenvalue weighted by molar-refractivity contribution is -0.161. The molecule has 3 atom stereocenters. The topological polar surface area (TPSA) is 94.9 Å². The Bertz CT molecular complexity index is 972. The van der Waals surface area contributed by atoms with E-state index in [-0.39, 0.29) is 17.4 Å². The molecule has 2 heterocycles. The summed E-state index contributed by atoms with van der Waals surface area (Å²) < 4.78 is 14.5. The lowest BCUT2D eigenvalue weighted by Gasteiger charge is -2.44. The molecule has 7 heteroatoms. The Balaban J connectivity index is 1.94. The van der Waals surface area contributed by atoms with Crippen LogP contribution in [0.1, 0.15) is 13.3 Å². The Morgan fingerprint density at radius 1 is 1.07 bits per heavy atom. The number of β-lactam (4-membered cyclic amide) rings is 1. The Labute approximate surface area is 162 Å². The summed E-state index contributed by atoms with van der Waals surface area (Å²) in [6.45, 7) is 1.52. The van der Waals surface area contributed by atoms with Crippen LogP contribution in [0.25, 0.3) is 0 Å².